The lowest BCUT2D eigenvalue weighted by Gasteiger charge is -2.12. The maximum absolute atomic E-state index is 12.2. The molecule has 1 aliphatic rings. The van der Waals surface area contributed by atoms with E-state index in [0.717, 1.165) is 5.56 Å². The second kappa shape index (κ2) is 7.49. The molecular formula is C16H15BrN2O3S. The van der Waals surface area contributed by atoms with Gasteiger partial charge in [-0.05, 0) is 58.8 Å². The van der Waals surface area contributed by atoms with Crippen LogP contribution < -0.4 is 14.8 Å². The summed E-state index contributed by atoms with van der Waals surface area (Å²) in [5.41, 5.74) is 1.18. The molecule has 2 rings (SSSR count). The number of nitrogens with zero attached hydrogens (tertiary/aromatic N) is 1. The van der Waals surface area contributed by atoms with Gasteiger partial charge in [0.1, 0.15) is 12.3 Å². The van der Waals surface area contributed by atoms with Gasteiger partial charge < -0.3 is 14.8 Å². The third-order valence-electron chi connectivity index (χ3n) is 3.14. The van der Waals surface area contributed by atoms with Crippen LogP contribution in [0.15, 0.2) is 22.3 Å². The van der Waals surface area contributed by atoms with Crippen molar-refractivity contribution >= 4 is 45.2 Å². The third-order valence-corrected chi connectivity index (χ3v) is 4.05. The summed E-state index contributed by atoms with van der Waals surface area (Å²) in [7, 11) is 1.54. The Bertz CT molecular complexity index is 725. The fourth-order valence-electron chi connectivity index (χ4n) is 2.10. The summed E-state index contributed by atoms with van der Waals surface area (Å²) in [6.07, 6.45) is 6.92. The number of likely N-dealkylation sites (N-methyl/N-ethyl adjacent to an activating group) is 1. The predicted molar refractivity (Wildman–Crippen MR) is 96.1 cm³/mol. The molecule has 1 aromatic rings. The number of halogens is 1. The van der Waals surface area contributed by atoms with Gasteiger partial charge in [0, 0.05) is 6.54 Å². The van der Waals surface area contributed by atoms with Crippen LogP contribution in [0.3, 0.4) is 0 Å². The summed E-state index contributed by atoms with van der Waals surface area (Å²) in [5, 5.41) is 3.32. The van der Waals surface area contributed by atoms with Crippen LogP contribution in [0, 0.1) is 12.3 Å². The zero-order valence-corrected chi connectivity index (χ0v) is 15.1. The maximum Gasteiger partial charge on any atom is 0.276 e. The minimum atomic E-state index is -0.153. The number of amides is 1. The van der Waals surface area contributed by atoms with Crippen molar-refractivity contribution in [1.29, 1.82) is 0 Å². The molecule has 0 aromatic heterocycles. The molecule has 1 aromatic carbocycles. The van der Waals surface area contributed by atoms with Crippen LogP contribution in [0.1, 0.15) is 12.5 Å². The van der Waals surface area contributed by atoms with Gasteiger partial charge in [-0.15, -0.1) is 6.42 Å². The van der Waals surface area contributed by atoms with Crippen LogP contribution in [-0.2, 0) is 4.79 Å². The van der Waals surface area contributed by atoms with Crippen LogP contribution in [0.5, 0.6) is 11.5 Å². The Hall–Kier alpha value is -2.04. The van der Waals surface area contributed by atoms with E-state index in [9.17, 15) is 4.79 Å². The molecule has 1 saturated heterocycles. The number of ether oxygens (including phenoxy) is 2. The van der Waals surface area contributed by atoms with Gasteiger partial charge in [0.05, 0.1) is 11.6 Å². The Labute approximate surface area is 148 Å². The quantitative estimate of drug-likeness (QED) is 0.472. The topological polar surface area (TPSA) is 50.8 Å². The minimum absolute atomic E-state index is 0.134. The van der Waals surface area contributed by atoms with Crippen LogP contribution in [0.2, 0.25) is 0 Å². The first kappa shape index (κ1) is 17.3. The Morgan fingerprint density at radius 3 is 2.83 bits per heavy atom. The molecule has 23 heavy (non-hydrogen) atoms. The molecule has 0 radical (unpaired) electrons. The molecule has 0 bridgehead atoms. The van der Waals surface area contributed by atoms with Gasteiger partial charge in [-0.2, -0.15) is 0 Å². The van der Waals surface area contributed by atoms with Crippen molar-refractivity contribution in [3.05, 3.63) is 27.9 Å². The molecule has 0 unspecified atom stereocenters. The van der Waals surface area contributed by atoms with E-state index in [-0.39, 0.29) is 12.5 Å². The molecule has 1 aliphatic heterocycles. The standard InChI is InChI=1S/C16H15BrN2O3S/c1-4-6-22-14-11(17)7-10(9-13(14)21-3)8-12-15(20)19(5-2)16(23)18-12/h1,7-9H,5-6H2,2-3H3,(H,18,23)/b12-8-. The number of benzene rings is 1. The van der Waals surface area contributed by atoms with Crippen molar-refractivity contribution in [2.75, 3.05) is 20.3 Å². The summed E-state index contributed by atoms with van der Waals surface area (Å²) in [4.78, 5) is 13.7. The lowest BCUT2D eigenvalue weighted by molar-refractivity contribution is -0.122. The molecule has 1 N–H and O–H groups in total. The Morgan fingerprint density at radius 1 is 1.52 bits per heavy atom. The van der Waals surface area contributed by atoms with Crippen molar-refractivity contribution < 1.29 is 14.3 Å². The maximum atomic E-state index is 12.2. The average molecular weight is 395 g/mol. The van der Waals surface area contributed by atoms with Crippen LogP contribution in [0.4, 0.5) is 0 Å². The fourth-order valence-corrected chi connectivity index (χ4v) is 3.00. The highest BCUT2D eigenvalue weighted by atomic mass is 79.9. The highest BCUT2D eigenvalue weighted by Gasteiger charge is 2.29. The highest BCUT2D eigenvalue weighted by molar-refractivity contribution is 9.10. The highest BCUT2D eigenvalue weighted by Crippen LogP contribution is 2.37. The summed E-state index contributed by atoms with van der Waals surface area (Å²) >= 11 is 8.56. The molecule has 1 fully saturated rings. The molecule has 0 aliphatic carbocycles. The van der Waals surface area contributed by atoms with Crippen molar-refractivity contribution in [2.45, 2.75) is 6.92 Å². The second-order valence-corrected chi connectivity index (χ2v) is 5.81. The van der Waals surface area contributed by atoms with Crippen molar-refractivity contribution in [3.63, 3.8) is 0 Å². The minimum Gasteiger partial charge on any atom is -0.493 e. The largest absolute Gasteiger partial charge is 0.493 e. The first-order valence-corrected chi connectivity index (χ1v) is 8.00. The van der Waals surface area contributed by atoms with Gasteiger partial charge in [-0.3, -0.25) is 9.69 Å². The van der Waals surface area contributed by atoms with Gasteiger partial charge in [0.25, 0.3) is 5.91 Å². The monoisotopic (exact) mass is 394 g/mol. The van der Waals surface area contributed by atoms with Crippen LogP contribution >= 0.6 is 28.1 Å². The number of thiocarbonyl (C=S) groups is 1. The van der Waals surface area contributed by atoms with E-state index in [1.54, 1.807) is 12.1 Å². The van der Waals surface area contributed by atoms with Gasteiger partial charge >= 0.3 is 0 Å². The normalized spacial score (nSPS) is 15.6. The number of nitrogens with one attached hydrogen (secondary N) is 1. The van der Waals surface area contributed by atoms with Crippen LogP contribution in [0.25, 0.3) is 6.08 Å². The molecule has 1 heterocycles. The van der Waals surface area contributed by atoms with E-state index in [4.69, 9.17) is 28.1 Å². The Morgan fingerprint density at radius 2 is 2.26 bits per heavy atom. The first-order valence-electron chi connectivity index (χ1n) is 6.80. The Kier molecular flexibility index (Phi) is 5.64. The summed E-state index contributed by atoms with van der Waals surface area (Å²) in [6.45, 7) is 2.52. The lowest BCUT2D eigenvalue weighted by Crippen LogP contribution is -2.30. The smallest absolute Gasteiger partial charge is 0.276 e. The zero-order valence-electron chi connectivity index (χ0n) is 12.7. The van der Waals surface area contributed by atoms with E-state index < -0.39 is 0 Å². The van der Waals surface area contributed by atoms with E-state index in [1.807, 2.05) is 13.0 Å². The van der Waals surface area contributed by atoms with E-state index in [1.165, 1.54) is 12.0 Å². The Balaban J connectivity index is 2.37. The lowest BCUT2D eigenvalue weighted by atomic mass is 10.1. The molecule has 5 nitrogen and oxygen atoms in total. The SMILES string of the molecule is C#CCOc1c(Br)cc(/C=C2\NC(=S)N(CC)C2=O)cc1OC. The zero-order chi connectivity index (χ0) is 17.0. The molecular weight excluding hydrogens is 380 g/mol. The molecule has 0 spiro atoms. The third kappa shape index (κ3) is 3.66. The number of carbonyl (C=O) groups excluding carboxylic acids is 1. The summed E-state index contributed by atoms with van der Waals surface area (Å²) in [5.74, 6) is 3.29. The first-order chi connectivity index (χ1) is 11.0. The number of rotatable bonds is 5. The summed E-state index contributed by atoms with van der Waals surface area (Å²) < 4.78 is 11.5. The van der Waals surface area contributed by atoms with Gasteiger partial charge in [-0.1, -0.05) is 5.92 Å². The average Bonchev–Trinajstić information content (AvgIpc) is 2.79. The number of hydrogen-bond acceptors (Lipinski definition) is 4. The predicted octanol–water partition coefficient (Wildman–Crippen LogP) is 2.55. The second-order valence-electron chi connectivity index (χ2n) is 4.56. The molecule has 7 heteroatoms. The van der Waals surface area contributed by atoms with Gasteiger partial charge in [0.2, 0.25) is 0 Å². The van der Waals surface area contributed by atoms with Crippen LogP contribution in [-0.4, -0.2) is 36.2 Å². The number of hydrogen-bond donors (Lipinski definition) is 1. The number of carbonyl (C=O) groups is 1. The van der Waals surface area contributed by atoms with Crippen molar-refractivity contribution in [3.8, 4) is 23.8 Å². The van der Waals surface area contributed by atoms with E-state index in [0.29, 0.717) is 33.3 Å². The van der Waals surface area contributed by atoms with E-state index >= 15 is 0 Å². The fraction of sp³-hybridized carbons (Fsp3) is 0.250. The summed E-state index contributed by atoms with van der Waals surface area (Å²) in [6, 6.07) is 3.57. The van der Waals surface area contributed by atoms with Gasteiger partial charge in [-0.25, -0.2) is 0 Å². The molecule has 0 saturated carbocycles. The van der Waals surface area contributed by atoms with E-state index in [2.05, 4.69) is 27.2 Å². The number of terminal acetylenes is 1. The van der Waals surface area contributed by atoms with Crippen molar-refractivity contribution in [2.24, 2.45) is 0 Å². The number of methoxy groups -OCH3 is 1. The van der Waals surface area contributed by atoms with Crippen molar-refractivity contribution in [1.82, 2.24) is 10.2 Å². The molecule has 1 amide bonds. The molecule has 120 valence electrons. The van der Waals surface area contributed by atoms with Gasteiger partial charge in [0.15, 0.2) is 16.6 Å². The molecule has 0 atom stereocenters.